The monoisotopic (exact) mass is 829 g/mol. The molecular formula is C42H56BrN9S2. The smallest absolute Gasteiger partial charge is 0.130 e. The molecule has 0 saturated heterocycles. The maximum Gasteiger partial charge on any atom is 0.130 e. The van der Waals surface area contributed by atoms with Gasteiger partial charge >= 0.3 is 0 Å². The first-order valence-electron chi connectivity index (χ1n) is 17.9. The van der Waals surface area contributed by atoms with Gasteiger partial charge in [-0.05, 0) is 103 Å². The van der Waals surface area contributed by atoms with E-state index < -0.39 is 0 Å². The first-order valence-corrected chi connectivity index (χ1v) is 18.7. The fourth-order valence-electron chi connectivity index (χ4n) is 5.98. The summed E-state index contributed by atoms with van der Waals surface area (Å²) < 4.78 is 3.19. The largest absolute Gasteiger partial charge is 0.363 e. The highest BCUT2D eigenvalue weighted by atomic mass is 79.9. The second kappa shape index (κ2) is 20.6. The van der Waals surface area contributed by atoms with E-state index in [4.69, 9.17) is 0 Å². The van der Waals surface area contributed by atoms with Crippen LogP contribution in [-0.2, 0) is 0 Å². The van der Waals surface area contributed by atoms with Gasteiger partial charge in [-0.25, -0.2) is 24.9 Å². The average molecular weight is 831 g/mol. The van der Waals surface area contributed by atoms with Crippen molar-refractivity contribution in [3.63, 3.8) is 0 Å². The van der Waals surface area contributed by atoms with Crippen LogP contribution in [0.15, 0.2) is 94.4 Å². The van der Waals surface area contributed by atoms with E-state index in [-0.39, 0.29) is 46.5 Å². The van der Waals surface area contributed by atoms with E-state index >= 15 is 0 Å². The molecule has 0 unspecified atom stereocenters. The molecule has 2 aliphatic carbocycles. The summed E-state index contributed by atoms with van der Waals surface area (Å²) in [6.07, 6.45) is 14.7. The number of aliphatic imine (C=N–C) groups is 1. The Bertz CT molecular complexity index is 1950. The number of aromatic nitrogens is 6. The molecule has 2 fully saturated rings. The Hall–Kier alpha value is -4.00. The van der Waals surface area contributed by atoms with Gasteiger partial charge in [0, 0.05) is 82.1 Å². The lowest BCUT2D eigenvalue weighted by atomic mass is 10.1. The summed E-state index contributed by atoms with van der Waals surface area (Å²) in [6.45, 7) is 12.0. The fraction of sp³-hybridized carbons (Fsp3) is 0.381. The zero-order valence-corrected chi connectivity index (χ0v) is 35.0. The summed E-state index contributed by atoms with van der Waals surface area (Å²) in [5, 5.41) is 6.85. The van der Waals surface area contributed by atoms with Crippen LogP contribution in [0.25, 0.3) is 5.69 Å². The number of halogens is 1. The fourth-order valence-corrected chi connectivity index (χ4v) is 6.25. The molecule has 1 aliphatic heterocycles. The minimum atomic E-state index is 0. The molecule has 0 bridgehead atoms. The summed E-state index contributed by atoms with van der Waals surface area (Å²) in [4.78, 5) is 26.2. The predicted molar refractivity (Wildman–Crippen MR) is 238 cm³/mol. The maximum absolute atomic E-state index is 4.52. The molecule has 12 heteroatoms. The summed E-state index contributed by atoms with van der Waals surface area (Å²) >= 11 is 3.44. The molecule has 9 nitrogen and oxygen atoms in total. The van der Waals surface area contributed by atoms with Crippen LogP contribution in [0.4, 0.5) is 11.6 Å². The lowest BCUT2D eigenvalue weighted by Gasteiger charge is -2.16. The second-order valence-corrected chi connectivity index (χ2v) is 14.6. The number of hydrogen-bond donors (Lipinski definition) is 2. The van der Waals surface area contributed by atoms with Crippen molar-refractivity contribution in [3.8, 4) is 5.69 Å². The molecule has 2 N–H and O–H groups in total. The molecule has 288 valence electrons. The first-order chi connectivity index (χ1) is 24.6. The zero-order valence-electron chi connectivity index (χ0n) is 31.4. The van der Waals surface area contributed by atoms with Crippen molar-refractivity contribution >= 4 is 60.8 Å². The van der Waals surface area contributed by atoms with Gasteiger partial charge < -0.3 is 15.2 Å². The number of allylic oxidation sites excluding steroid dienone is 2. The summed E-state index contributed by atoms with van der Waals surface area (Å²) in [5.74, 6) is 4.86. The van der Waals surface area contributed by atoms with Gasteiger partial charge in [-0.15, -0.1) is 0 Å². The molecule has 0 spiro atoms. The standard InChI is InChI=1S/C20H23N5.C14H16BrN3.C7H9N.CH4.2H2S/c1-13-10-20(24-15(3)22-13)23-14(2)16-6-8-18(9-7-16)25-11-19(21-12-25)17-4-5-17;1-9-8-14(18-11(3)16-9)17-10(2)12-4-6-13(15)7-5-12;1-2-7(8-5-1)6-3-4-6;;;/h6-12,14,17H,4-5H2,1-3H3,(H,22,23,24);4-8,10H,1-3H3,(H,16,17,18);2,5-6H,1,3-4H2;1H4;2*1H2/t14-;10-;;;;/m00..../s1. The zero-order chi connectivity index (χ0) is 35.9. The number of benzene rings is 2. The highest BCUT2D eigenvalue weighted by Crippen LogP contribution is 2.39. The third kappa shape index (κ3) is 13.1. The molecule has 8 rings (SSSR count). The SMILES string of the molecule is C.C1=NC(C2CC2)=CC1.Cc1cc(N[C@@H](C)c2ccc(-n3cnc(C4CC4)c3)cc2)nc(C)n1.Cc1cc(N[C@@H](C)c2ccc(Br)cc2)nc(C)n1.S.S. The van der Waals surface area contributed by atoms with Crippen molar-refractivity contribution in [2.45, 2.75) is 99.1 Å². The molecule has 0 radical (unpaired) electrons. The van der Waals surface area contributed by atoms with Gasteiger partial charge in [0.1, 0.15) is 23.3 Å². The number of rotatable bonds is 9. The van der Waals surface area contributed by atoms with Gasteiger partial charge in [0.2, 0.25) is 0 Å². The predicted octanol–water partition coefficient (Wildman–Crippen LogP) is 11.0. The molecule has 0 amide bonds. The molecule has 2 saturated carbocycles. The highest BCUT2D eigenvalue weighted by Gasteiger charge is 2.26. The van der Waals surface area contributed by atoms with E-state index in [2.05, 4.69) is 124 Å². The third-order valence-electron chi connectivity index (χ3n) is 8.99. The molecule has 5 aromatic rings. The number of anilines is 2. The summed E-state index contributed by atoms with van der Waals surface area (Å²) in [7, 11) is 0. The topological polar surface area (TPSA) is 106 Å². The van der Waals surface area contributed by atoms with E-state index in [1.165, 1.54) is 48.2 Å². The molecule has 3 aromatic heterocycles. The summed E-state index contributed by atoms with van der Waals surface area (Å²) in [5.41, 5.74) is 8.12. The summed E-state index contributed by atoms with van der Waals surface area (Å²) in [6, 6.07) is 21.2. The highest BCUT2D eigenvalue weighted by molar-refractivity contribution is 9.10. The van der Waals surface area contributed by atoms with Crippen molar-refractivity contribution in [2.75, 3.05) is 10.6 Å². The second-order valence-electron chi connectivity index (χ2n) is 13.7. The van der Waals surface area contributed by atoms with Gasteiger partial charge in [-0.2, -0.15) is 27.0 Å². The Kier molecular flexibility index (Phi) is 17.0. The number of nitrogens with one attached hydrogen (secondary N) is 2. The molecular weight excluding hydrogens is 775 g/mol. The molecule has 2 atom stereocenters. The van der Waals surface area contributed by atoms with Gasteiger partial charge in [0.25, 0.3) is 0 Å². The molecule has 4 heterocycles. The number of nitrogens with zero attached hydrogens (tertiary/aromatic N) is 7. The van der Waals surface area contributed by atoms with Crippen LogP contribution in [0.2, 0.25) is 0 Å². The minimum Gasteiger partial charge on any atom is -0.363 e. The molecule has 54 heavy (non-hydrogen) atoms. The number of hydrogen-bond acceptors (Lipinski definition) is 8. The Labute approximate surface area is 344 Å². The van der Waals surface area contributed by atoms with Crippen molar-refractivity contribution in [1.82, 2.24) is 29.5 Å². The van der Waals surface area contributed by atoms with E-state index in [9.17, 15) is 0 Å². The van der Waals surface area contributed by atoms with Crippen molar-refractivity contribution in [1.29, 1.82) is 0 Å². The Morgan fingerprint density at radius 3 is 1.65 bits per heavy atom. The van der Waals surface area contributed by atoms with Crippen LogP contribution in [0, 0.1) is 33.6 Å². The van der Waals surface area contributed by atoms with Crippen molar-refractivity contribution in [3.05, 3.63) is 129 Å². The Morgan fingerprint density at radius 1 is 0.704 bits per heavy atom. The first kappa shape index (κ1) is 44.4. The van der Waals surface area contributed by atoms with Crippen molar-refractivity contribution < 1.29 is 0 Å². The van der Waals surface area contributed by atoms with Crippen LogP contribution in [0.1, 0.15) is 111 Å². The van der Waals surface area contributed by atoms with E-state index in [1.54, 1.807) is 0 Å². The average Bonchev–Trinajstić information content (AvgIpc) is 4.02. The van der Waals surface area contributed by atoms with E-state index in [0.717, 1.165) is 57.2 Å². The van der Waals surface area contributed by atoms with E-state index in [0.29, 0.717) is 5.92 Å². The van der Waals surface area contributed by atoms with Gasteiger partial charge in [0.05, 0.1) is 12.0 Å². The lowest BCUT2D eigenvalue weighted by Crippen LogP contribution is -2.09. The Balaban J connectivity index is 0.000000236. The normalized spacial score (nSPS) is 15.0. The quantitative estimate of drug-likeness (QED) is 0.152. The van der Waals surface area contributed by atoms with Crippen LogP contribution >= 0.6 is 42.9 Å². The van der Waals surface area contributed by atoms with Gasteiger partial charge in [-0.1, -0.05) is 53.7 Å². The third-order valence-corrected chi connectivity index (χ3v) is 9.52. The van der Waals surface area contributed by atoms with Crippen molar-refractivity contribution in [2.24, 2.45) is 10.9 Å². The number of imidazole rings is 1. The van der Waals surface area contributed by atoms with Gasteiger partial charge in [0.15, 0.2) is 0 Å². The molecule has 3 aliphatic rings. The van der Waals surface area contributed by atoms with Crippen LogP contribution in [0.5, 0.6) is 0 Å². The lowest BCUT2D eigenvalue weighted by molar-refractivity contribution is 0.862. The van der Waals surface area contributed by atoms with E-state index in [1.807, 2.05) is 64.5 Å². The minimum absolute atomic E-state index is 0. The maximum atomic E-state index is 4.52. The van der Waals surface area contributed by atoms with Crippen LogP contribution < -0.4 is 10.6 Å². The van der Waals surface area contributed by atoms with Crippen LogP contribution in [0.3, 0.4) is 0 Å². The van der Waals surface area contributed by atoms with Gasteiger partial charge in [-0.3, -0.25) is 4.99 Å². The number of aryl methyl sites for hydroxylation is 4. The Morgan fingerprint density at radius 2 is 1.20 bits per heavy atom. The van der Waals surface area contributed by atoms with Crippen LogP contribution in [-0.4, -0.2) is 35.7 Å². The molecule has 2 aromatic carbocycles.